The molecule has 4 aromatic heterocycles. The van der Waals surface area contributed by atoms with Crippen LogP contribution in [0.2, 0.25) is 0 Å². The summed E-state index contributed by atoms with van der Waals surface area (Å²) < 4.78 is 0. The minimum Gasteiger partial charge on any atom is -0.264 e. The van der Waals surface area contributed by atoms with Gasteiger partial charge in [0.1, 0.15) is 0 Å². The Morgan fingerprint density at radius 3 is 1.69 bits per heavy atom. The minimum absolute atomic E-state index is 0.0871. The van der Waals surface area contributed by atoms with Crippen molar-refractivity contribution >= 4 is 21.8 Å². The van der Waals surface area contributed by atoms with Gasteiger partial charge in [0, 0.05) is 56.5 Å². The van der Waals surface area contributed by atoms with Crippen molar-refractivity contribution in [3.63, 3.8) is 0 Å². The first-order chi connectivity index (χ1) is 23.4. The Morgan fingerprint density at radius 2 is 1.06 bits per heavy atom. The van der Waals surface area contributed by atoms with Gasteiger partial charge in [-0.3, -0.25) is 4.98 Å². The highest BCUT2D eigenvalue weighted by molar-refractivity contribution is 6.09. The molecule has 0 radical (unpaired) electrons. The van der Waals surface area contributed by atoms with E-state index in [1.807, 2.05) is 48.7 Å². The number of benzene rings is 4. The number of hydrogen-bond acceptors (Lipinski definition) is 5. The largest absolute Gasteiger partial charge is 0.264 e. The highest BCUT2D eigenvalue weighted by Gasteiger charge is 2.19. The van der Waals surface area contributed by atoms with Crippen LogP contribution < -0.4 is 0 Å². The van der Waals surface area contributed by atoms with Crippen LogP contribution in [0.4, 0.5) is 0 Å². The van der Waals surface area contributed by atoms with E-state index in [1.165, 1.54) is 0 Å². The number of nitrogens with zero attached hydrogens (tertiary/aromatic N) is 5. The summed E-state index contributed by atoms with van der Waals surface area (Å²) in [5.74, 6) is 0.683. The molecule has 4 heterocycles. The topological polar surface area (TPSA) is 64.5 Å². The number of aromatic nitrogens is 5. The van der Waals surface area contributed by atoms with Gasteiger partial charge in [0.05, 0.1) is 28.1 Å². The normalized spacial score (nSPS) is 11.6. The van der Waals surface area contributed by atoms with Crippen molar-refractivity contribution in [2.75, 3.05) is 0 Å². The average Bonchev–Trinajstić information content (AvgIpc) is 3.14. The maximum absolute atomic E-state index is 5.20. The third-order valence-corrected chi connectivity index (χ3v) is 8.68. The smallest absolute Gasteiger partial charge is 0.160 e. The molecule has 0 aliphatic rings. The van der Waals surface area contributed by atoms with E-state index >= 15 is 0 Å². The Bertz CT molecular complexity index is 2340. The van der Waals surface area contributed by atoms with E-state index in [9.17, 15) is 0 Å². The molecule has 0 aliphatic heterocycles. The quantitative estimate of drug-likeness (QED) is 0.179. The van der Waals surface area contributed by atoms with E-state index < -0.39 is 0 Å². The Balaban J connectivity index is 1.29. The summed E-state index contributed by atoms with van der Waals surface area (Å²) in [7, 11) is 0. The minimum atomic E-state index is -0.0871. The van der Waals surface area contributed by atoms with Gasteiger partial charge in [0.25, 0.3) is 0 Å². The van der Waals surface area contributed by atoms with Gasteiger partial charge in [-0.15, -0.1) is 0 Å². The number of hydrogen-bond donors (Lipinski definition) is 0. The lowest BCUT2D eigenvalue weighted by Crippen LogP contribution is -2.13. The van der Waals surface area contributed by atoms with Gasteiger partial charge in [-0.05, 0) is 41.5 Å². The van der Waals surface area contributed by atoms with Crippen LogP contribution in [-0.2, 0) is 5.41 Å². The summed E-state index contributed by atoms with van der Waals surface area (Å²) in [5.41, 5.74) is 11.5. The predicted molar refractivity (Wildman–Crippen MR) is 196 cm³/mol. The molecule has 48 heavy (non-hydrogen) atoms. The predicted octanol–water partition coefficient (Wildman–Crippen LogP) is 10.6. The van der Waals surface area contributed by atoms with Crippen molar-refractivity contribution in [2.24, 2.45) is 0 Å². The Kier molecular flexibility index (Phi) is 7.30. The Labute approximate surface area is 280 Å². The second-order valence-corrected chi connectivity index (χ2v) is 13.0. The van der Waals surface area contributed by atoms with Gasteiger partial charge in [-0.25, -0.2) is 19.9 Å². The van der Waals surface area contributed by atoms with Gasteiger partial charge >= 0.3 is 0 Å². The summed E-state index contributed by atoms with van der Waals surface area (Å²) >= 11 is 0. The summed E-state index contributed by atoms with van der Waals surface area (Å²) in [6.45, 7) is 6.57. The number of fused-ring (bicyclic) bond motifs is 3. The van der Waals surface area contributed by atoms with E-state index in [0.717, 1.165) is 78.0 Å². The molecule has 0 atom stereocenters. The lowest BCUT2D eigenvalue weighted by Gasteiger charge is -2.19. The molecule has 8 aromatic rings. The fraction of sp³-hybridized carbons (Fsp3) is 0.0930. The van der Waals surface area contributed by atoms with Crippen molar-refractivity contribution in [3.05, 3.63) is 152 Å². The molecule has 0 fully saturated rings. The molecule has 0 aliphatic carbocycles. The fourth-order valence-corrected chi connectivity index (χ4v) is 6.08. The first-order valence-corrected chi connectivity index (χ1v) is 16.2. The van der Waals surface area contributed by atoms with Gasteiger partial charge < -0.3 is 0 Å². The summed E-state index contributed by atoms with van der Waals surface area (Å²) in [6, 6.07) is 45.9. The van der Waals surface area contributed by atoms with Crippen LogP contribution in [0, 0.1) is 0 Å². The van der Waals surface area contributed by atoms with Crippen LogP contribution in [0.5, 0.6) is 0 Å². The zero-order chi connectivity index (χ0) is 32.7. The van der Waals surface area contributed by atoms with E-state index in [-0.39, 0.29) is 5.41 Å². The second-order valence-electron chi connectivity index (χ2n) is 13.0. The molecule has 0 unspecified atom stereocenters. The molecule has 0 saturated heterocycles. The van der Waals surface area contributed by atoms with Crippen LogP contribution in [0.3, 0.4) is 0 Å². The van der Waals surface area contributed by atoms with Gasteiger partial charge in [0.15, 0.2) is 5.82 Å². The molecule has 0 saturated carbocycles. The maximum atomic E-state index is 5.20. The summed E-state index contributed by atoms with van der Waals surface area (Å²) in [5, 5.41) is 2.12. The van der Waals surface area contributed by atoms with E-state index in [1.54, 1.807) is 6.20 Å². The van der Waals surface area contributed by atoms with Crippen LogP contribution in [0.15, 0.2) is 146 Å². The van der Waals surface area contributed by atoms with E-state index in [0.29, 0.717) is 5.82 Å². The molecule has 4 aromatic carbocycles. The zero-order valence-electron chi connectivity index (χ0n) is 27.1. The van der Waals surface area contributed by atoms with Crippen molar-refractivity contribution in [2.45, 2.75) is 26.2 Å². The summed E-state index contributed by atoms with van der Waals surface area (Å²) in [6.07, 6.45) is 3.65. The van der Waals surface area contributed by atoms with Crippen molar-refractivity contribution in [1.82, 2.24) is 24.9 Å². The first-order valence-electron chi connectivity index (χ1n) is 16.2. The third-order valence-electron chi connectivity index (χ3n) is 8.68. The molecule has 8 rings (SSSR count). The second kappa shape index (κ2) is 11.9. The molecule has 5 nitrogen and oxygen atoms in total. The maximum Gasteiger partial charge on any atom is 0.160 e. The summed E-state index contributed by atoms with van der Waals surface area (Å²) in [4.78, 5) is 24.8. The van der Waals surface area contributed by atoms with E-state index in [4.69, 9.17) is 19.9 Å². The molecule has 230 valence electrons. The van der Waals surface area contributed by atoms with Crippen molar-refractivity contribution in [3.8, 4) is 56.3 Å². The van der Waals surface area contributed by atoms with Gasteiger partial charge in [-0.1, -0.05) is 124 Å². The highest BCUT2D eigenvalue weighted by Crippen LogP contribution is 2.37. The van der Waals surface area contributed by atoms with Gasteiger partial charge in [-0.2, -0.15) is 0 Å². The molecule has 0 N–H and O–H groups in total. The number of pyridine rings is 3. The fourth-order valence-electron chi connectivity index (χ4n) is 6.08. The SMILES string of the molecule is CC(C)(C)c1ccc2ccc3c(-c4ccc(-c5nc(-c6ccccc6)cc(-c6ccccc6)n5)cc4)cc(-c4cccnc4)nc3c2n1. The average molecular weight is 620 g/mol. The lowest BCUT2D eigenvalue weighted by molar-refractivity contribution is 0.571. The molecule has 0 bridgehead atoms. The van der Waals surface area contributed by atoms with Crippen LogP contribution in [-0.4, -0.2) is 24.9 Å². The highest BCUT2D eigenvalue weighted by atomic mass is 14.9. The van der Waals surface area contributed by atoms with E-state index in [2.05, 4.69) is 117 Å². The zero-order valence-corrected chi connectivity index (χ0v) is 27.1. The van der Waals surface area contributed by atoms with Crippen LogP contribution in [0.1, 0.15) is 26.5 Å². The number of rotatable bonds is 5. The Morgan fingerprint density at radius 1 is 0.458 bits per heavy atom. The molecule has 0 spiro atoms. The van der Waals surface area contributed by atoms with Gasteiger partial charge in [0.2, 0.25) is 0 Å². The van der Waals surface area contributed by atoms with Crippen molar-refractivity contribution < 1.29 is 0 Å². The first kappa shape index (κ1) is 29.3. The molecule has 0 amide bonds. The third kappa shape index (κ3) is 5.60. The standard InChI is InChI=1S/C43H33N5/c1-43(2,3)39-23-21-31-20-22-34-35(25-36(33-15-10-24-44-27-33)45-41(34)40(31)48-39)28-16-18-32(19-17-28)42-46-37(29-11-6-4-7-12-29)26-38(47-42)30-13-8-5-9-14-30/h4-27H,1-3H3. The molecular formula is C43H33N5. The lowest BCUT2D eigenvalue weighted by atomic mass is 9.91. The van der Waals surface area contributed by atoms with Crippen LogP contribution >= 0.6 is 0 Å². The Hall–Kier alpha value is -6.07. The monoisotopic (exact) mass is 619 g/mol. The van der Waals surface area contributed by atoms with Crippen molar-refractivity contribution in [1.29, 1.82) is 0 Å². The van der Waals surface area contributed by atoms with Crippen LogP contribution in [0.25, 0.3) is 78.1 Å². The molecular weight excluding hydrogens is 587 g/mol. The molecule has 5 heteroatoms.